The zero-order valence-electron chi connectivity index (χ0n) is 19.3. The van der Waals surface area contributed by atoms with E-state index in [0.29, 0.717) is 11.1 Å². The molecule has 0 atom stereocenters. The summed E-state index contributed by atoms with van der Waals surface area (Å²) in [5.41, 5.74) is 3.92. The van der Waals surface area contributed by atoms with Crippen LogP contribution in [0.1, 0.15) is 27.0 Å². The molecule has 0 spiro atoms. The van der Waals surface area contributed by atoms with Gasteiger partial charge in [0.25, 0.3) is 0 Å². The Kier molecular flexibility index (Phi) is 5.69. The Morgan fingerprint density at radius 1 is 0.500 bits per heavy atom. The molecule has 1 aliphatic rings. The van der Waals surface area contributed by atoms with Crippen molar-refractivity contribution in [2.45, 2.75) is 23.6 Å². The third-order valence-electron chi connectivity index (χ3n) is 5.88. The van der Waals surface area contributed by atoms with Gasteiger partial charge in [-0.3, -0.25) is 4.79 Å². The summed E-state index contributed by atoms with van der Waals surface area (Å²) in [6.07, 6.45) is 0. The Bertz CT molecular complexity index is 1600. The number of hydrogen-bond donors (Lipinski definition) is 0. The second kappa shape index (κ2) is 8.61. The first-order chi connectivity index (χ1) is 17.0. The van der Waals surface area contributed by atoms with Gasteiger partial charge in [-0.15, -0.1) is 11.4 Å². The zero-order chi connectivity index (χ0) is 25.7. The van der Waals surface area contributed by atoms with Crippen LogP contribution in [0, 0.1) is 13.8 Å². The van der Waals surface area contributed by atoms with Crippen LogP contribution >= 0.6 is 0 Å². The highest BCUT2D eigenvalue weighted by Crippen LogP contribution is 2.40. The average molecular weight is 517 g/mol. The summed E-state index contributed by atoms with van der Waals surface area (Å²) in [4.78, 5) is 12.9. The molecule has 0 N–H and O–H groups in total. The van der Waals surface area contributed by atoms with Crippen LogP contribution in [0.3, 0.4) is 0 Å². The van der Waals surface area contributed by atoms with E-state index in [9.17, 15) is 21.6 Å². The van der Waals surface area contributed by atoms with E-state index in [4.69, 9.17) is 0 Å². The fraction of sp³-hybridized carbons (Fsp3) is 0.0741. The van der Waals surface area contributed by atoms with E-state index in [1.165, 1.54) is 24.3 Å². The Labute approximate surface area is 209 Å². The topological polar surface area (TPSA) is 114 Å². The molecule has 5 rings (SSSR count). The highest BCUT2D eigenvalue weighted by Gasteiger charge is 2.28. The van der Waals surface area contributed by atoms with Crippen molar-refractivity contribution in [1.82, 2.24) is 0 Å². The summed E-state index contributed by atoms with van der Waals surface area (Å²) in [7, 11) is -8.13. The van der Waals surface area contributed by atoms with Crippen LogP contribution in [-0.4, -0.2) is 22.6 Å². The van der Waals surface area contributed by atoms with Crippen LogP contribution in [0.2, 0.25) is 0 Å². The first-order valence-corrected chi connectivity index (χ1v) is 13.8. The average Bonchev–Trinajstić information content (AvgIpc) is 3.13. The van der Waals surface area contributed by atoms with E-state index in [1.807, 2.05) is 13.8 Å². The van der Waals surface area contributed by atoms with Crippen LogP contribution in [-0.2, 0) is 20.0 Å². The summed E-state index contributed by atoms with van der Waals surface area (Å²) in [5, 5.41) is 0. The molecule has 36 heavy (non-hydrogen) atoms. The molecule has 0 aromatic heterocycles. The largest absolute Gasteiger partial charge is 0.573 e. The van der Waals surface area contributed by atoms with Crippen LogP contribution in [0.15, 0.2) is 94.7 Å². The van der Waals surface area contributed by atoms with E-state index >= 15 is 0 Å². The molecule has 0 heterocycles. The molecular weight excluding hydrogens is 496 g/mol. The van der Waals surface area contributed by atoms with Crippen molar-refractivity contribution in [3.63, 3.8) is 0 Å². The van der Waals surface area contributed by atoms with E-state index in [1.54, 1.807) is 60.7 Å². The maximum absolute atomic E-state index is 13.2. The number of aryl methyl sites for hydroxylation is 2. The van der Waals surface area contributed by atoms with E-state index in [2.05, 4.69) is 9.44 Å². The summed E-state index contributed by atoms with van der Waals surface area (Å²) >= 11 is 0. The van der Waals surface area contributed by atoms with Gasteiger partial charge in [0.15, 0.2) is 5.78 Å². The van der Waals surface area contributed by atoms with Gasteiger partial charge in [0.05, 0.1) is 9.79 Å². The van der Waals surface area contributed by atoms with Crippen LogP contribution in [0.5, 0.6) is 0 Å². The first-order valence-electron chi connectivity index (χ1n) is 11.0. The molecular formula is C27H20N2O5S2-2. The van der Waals surface area contributed by atoms with Gasteiger partial charge < -0.3 is 9.44 Å². The number of carbonyl (C=O) groups is 1. The van der Waals surface area contributed by atoms with Crippen LogP contribution < -0.4 is 0 Å². The van der Waals surface area contributed by atoms with Gasteiger partial charge in [-0.1, -0.05) is 71.8 Å². The SMILES string of the molecule is Cc1ccc([N-]S(=O)(=O)c2ccc3c(c2)C(=O)c2cc(S(=O)(=O)[N-]c4ccc(C)cc4)ccc2-3)cc1. The van der Waals surface area contributed by atoms with Crippen molar-refractivity contribution in [2.24, 2.45) is 0 Å². The van der Waals surface area contributed by atoms with Crippen molar-refractivity contribution in [3.8, 4) is 11.1 Å². The minimum Gasteiger partial charge on any atom is -0.573 e. The molecule has 0 fully saturated rings. The highest BCUT2D eigenvalue weighted by molar-refractivity contribution is 7.94. The Morgan fingerprint density at radius 2 is 0.861 bits per heavy atom. The second-order valence-electron chi connectivity index (χ2n) is 8.55. The van der Waals surface area contributed by atoms with Crippen LogP contribution in [0.4, 0.5) is 11.4 Å². The fourth-order valence-electron chi connectivity index (χ4n) is 3.95. The Hall–Kier alpha value is -3.95. The number of nitrogens with zero attached hydrogens (tertiary/aromatic N) is 2. The lowest BCUT2D eigenvalue weighted by Crippen LogP contribution is -2.02. The molecule has 7 nitrogen and oxygen atoms in total. The maximum atomic E-state index is 13.2. The Morgan fingerprint density at radius 3 is 1.22 bits per heavy atom. The van der Waals surface area contributed by atoms with Gasteiger partial charge in [-0.05, 0) is 49.2 Å². The van der Waals surface area contributed by atoms with Crippen molar-refractivity contribution in [1.29, 1.82) is 0 Å². The van der Waals surface area contributed by atoms with Gasteiger partial charge in [0.1, 0.15) is 20.0 Å². The lowest BCUT2D eigenvalue weighted by atomic mass is 10.1. The molecule has 9 heteroatoms. The lowest BCUT2D eigenvalue weighted by Gasteiger charge is -2.22. The van der Waals surface area contributed by atoms with E-state index < -0.39 is 25.8 Å². The molecule has 0 saturated heterocycles. The second-order valence-corrected chi connectivity index (χ2v) is 11.8. The molecule has 0 radical (unpaired) electrons. The normalized spacial score (nSPS) is 12.7. The number of carbonyl (C=O) groups excluding carboxylic acids is 1. The summed E-state index contributed by atoms with van der Waals surface area (Å²) in [6.45, 7) is 3.77. The first kappa shape index (κ1) is 23.8. The predicted molar refractivity (Wildman–Crippen MR) is 138 cm³/mol. The van der Waals surface area contributed by atoms with E-state index in [-0.39, 0.29) is 32.3 Å². The number of ketones is 1. The van der Waals surface area contributed by atoms with Gasteiger partial charge in [-0.25, -0.2) is 16.8 Å². The molecule has 0 bridgehead atoms. The van der Waals surface area contributed by atoms with Crippen molar-refractivity contribution < 1.29 is 21.6 Å². The number of rotatable bonds is 6. The fourth-order valence-corrected chi connectivity index (χ4v) is 5.98. The van der Waals surface area contributed by atoms with Gasteiger partial charge in [0.2, 0.25) is 0 Å². The third-order valence-corrected chi connectivity index (χ3v) is 8.48. The van der Waals surface area contributed by atoms with Crippen molar-refractivity contribution in [3.05, 3.63) is 117 Å². The zero-order valence-corrected chi connectivity index (χ0v) is 21.0. The number of sulfonamides is 2. The molecule has 1 aliphatic carbocycles. The molecule has 4 aromatic rings. The monoisotopic (exact) mass is 516 g/mol. The van der Waals surface area contributed by atoms with Gasteiger partial charge >= 0.3 is 0 Å². The van der Waals surface area contributed by atoms with Gasteiger partial charge in [-0.2, -0.15) is 0 Å². The number of benzene rings is 4. The number of hydrogen-bond acceptors (Lipinski definition) is 5. The molecule has 182 valence electrons. The predicted octanol–water partition coefficient (Wildman–Crippen LogP) is 6.30. The minimum absolute atomic E-state index is 0.120. The quantitative estimate of drug-likeness (QED) is 0.263. The molecule has 4 aromatic carbocycles. The summed E-state index contributed by atoms with van der Waals surface area (Å²) in [5.74, 6) is -0.459. The molecule has 0 amide bonds. The smallest absolute Gasteiger partial charge is 0.194 e. The summed E-state index contributed by atoms with van der Waals surface area (Å²) in [6, 6.07) is 21.9. The Balaban J connectivity index is 1.45. The third kappa shape index (κ3) is 4.38. The molecule has 0 saturated carbocycles. The maximum Gasteiger partial charge on any atom is 0.194 e. The molecule has 0 unspecified atom stereocenters. The lowest BCUT2D eigenvalue weighted by molar-refractivity contribution is 0.104. The summed E-state index contributed by atoms with van der Waals surface area (Å²) < 4.78 is 59.2. The standard InChI is InChI=1S/C27H20N2O5S2/c1-17-3-7-19(8-4-17)28-35(31,32)21-11-13-23-24-14-12-22(16-26(24)27(30)25(23)15-21)36(33,34)29-20-9-5-18(2)6-10-20/h3-16H,1-2H3/q-2. The molecule has 0 aliphatic heterocycles. The van der Waals surface area contributed by atoms with Crippen LogP contribution in [0.25, 0.3) is 20.6 Å². The van der Waals surface area contributed by atoms with E-state index in [0.717, 1.165) is 11.1 Å². The van der Waals surface area contributed by atoms with Crippen molar-refractivity contribution in [2.75, 3.05) is 0 Å². The number of fused-ring (bicyclic) bond motifs is 3. The van der Waals surface area contributed by atoms with Crippen molar-refractivity contribution >= 4 is 37.2 Å². The highest BCUT2D eigenvalue weighted by atomic mass is 32.2. The van der Waals surface area contributed by atoms with Gasteiger partial charge in [0, 0.05) is 11.1 Å². The minimum atomic E-state index is -4.07.